The van der Waals surface area contributed by atoms with E-state index >= 15 is 0 Å². The highest BCUT2D eigenvalue weighted by Gasteiger charge is 2.32. The lowest BCUT2D eigenvalue weighted by Crippen LogP contribution is -2.22. The van der Waals surface area contributed by atoms with Crippen LogP contribution in [0.5, 0.6) is 0 Å². The number of carboxylic acid groups (broad SMARTS) is 1. The zero-order valence-corrected chi connectivity index (χ0v) is 27.0. The van der Waals surface area contributed by atoms with E-state index in [1.165, 1.54) is 43.1 Å². The second kappa shape index (κ2) is 12.4. The second-order valence-electron chi connectivity index (χ2n) is 12.2. The van der Waals surface area contributed by atoms with Crippen molar-refractivity contribution in [2.24, 2.45) is 5.41 Å². The summed E-state index contributed by atoms with van der Waals surface area (Å²) in [6, 6.07) is 27.2. The van der Waals surface area contributed by atoms with Crippen LogP contribution in [0.25, 0.3) is 22.0 Å². The van der Waals surface area contributed by atoms with Crippen LogP contribution in [-0.2, 0) is 29.9 Å². The Labute approximate surface area is 266 Å². The van der Waals surface area contributed by atoms with E-state index in [0.717, 1.165) is 28.5 Å². The van der Waals surface area contributed by atoms with Gasteiger partial charge in [0.25, 0.3) is 0 Å². The van der Waals surface area contributed by atoms with Gasteiger partial charge in [0.2, 0.25) is 0 Å². The van der Waals surface area contributed by atoms with Gasteiger partial charge in [-0.2, -0.15) is 0 Å². The number of carboxylic acids is 1. The van der Waals surface area contributed by atoms with Crippen molar-refractivity contribution in [3.8, 4) is 11.1 Å². The van der Waals surface area contributed by atoms with Crippen molar-refractivity contribution < 1.29 is 9.90 Å². The Morgan fingerprint density at radius 3 is 2.51 bits per heavy atom. The molecule has 3 heterocycles. The zero-order valence-electron chi connectivity index (χ0n) is 24.6. The summed E-state index contributed by atoms with van der Waals surface area (Å²) in [5, 5.41) is 12.1. The highest BCUT2D eigenvalue weighted by molar-refractivity contribution is 8.00. The molecule has 2 aromatic heterocycles. The molecule has 4 nitrogen and oxygen atoms in total. The molecular formula is C36H35ClN2O2S2. The van der Waals surface area contributed by atoms with Gasteiger partial charge in [0.15, 0.2) is 0 Å². The van der Waals surface area contributed by atoms with Gasteiger partial charge in [0, 0.05) is 55.2 Å². The predicted molar refractivity (Wildman–Crippen MR) is 180 cm³/mol. The molecule has 0 saturated carbocycles. The first-order chi connectivity index (χ1) is 20.7. The third-order valence-electron chi connectivity index (χ3n) is 8.00. The Morgan fingerprint density at radius 2 is 1.81 bits per heavy atom. The zero-order chi connectivity index (χ0) is 30.1. The van der Waals surface area contributed by atoms with Gasteiger partial charge in [-0.3, -0.25) is 9.78 Å². The largest absolute Gasteiger partial charge is 0.481 e. The molecule has 0 saturated heterocycles. The monoisotopic (exact) mass is 626 g/mol. The number of aromatic nitrogens is 2. The van der Waals surface area contributed by atoms with Crippen LogP contribution in [-0.4, -0.2) is 25.9 Å². The third-order valence-corrected chi connectivity index (χ3v) is 10.6. The minimum absolute atomic E-state index is 0.124. The predicted octanol–water partition coefficient (Wildman–Crippen LogP) is 9.78. The fourth-order valence-corrected chi connectivity index (χ4v) is 8.46. The average Bonchev–Trinajstić information content (AvgIpc) is 3.25. The summed E-state index contributed by atoms with van der Waals surface area (Å²) in [5.41, 5.74) is 8.00. The van der Waals surface area contributed by atoms with Gasteiger partial charge in [-0.1, -0.05) is 80.9 Å². The van der Waals surface area contributed by atoms with Crippen molar-refractivity contribution in [2.75, 3.05) is 0 Å². The van der Waals surface area contributed by atoms with Crippen molar-refractivity contribution in [3.63, 3.8) is 0 Å². The maximum absolute atomic E-state index is 11.7. The molecule has 0 fully saturated rings. The Hall–Kier alpha value is -3.19. The number of aliphatic carboxylic acids is 1. The minimum Gasteiger partial charge on any atom is -0.481 e. The van der Waals surface area contributed by atoms with E-state index in [0.29, 0.717) is 18.2 Å². The summed E-state index contributed by atoms with van der Waals surface area (Å²) in [5.74, 6) is 0.0406. The van der Waals surface area contributed by atoms with Crippen molar-refractivity contribution in [2.45, 2.75) is 67.4 Å². The van der Waals surface area contributed by atoms with Gasteiger partial charge in [0.05, 0.1) is 17.6 Å². The normalized spacial score (nSPS) is 14.7. The molecule has 0 aliphatic carbocycles. The molecule has 5 aromatic rings. The number of pyridine rings is 1. The van der Waals surface area contributed by atoms with E-state index in [9.17, 15) is 9.90 Å². The first-order valence-corrected chi connectivity index (χ1v) is 16.8. The van der Waals surface area contributed by atoms with Gasteiger partial charge >= 0.3 is 5.97 Å². The van der Waals surface area contributed by atoms with Crippen LogP contribution in [0.1, 0.15) is 49.7 Å². The summed E-state index contributed by atoms with van der Waals surface area (Å²) in [6.07, 6.45) is 3.79. The first-order valence-electron chi connectivity index (χ1n) is 14.6. The lowest BCUT2D eigenvalue weighted by molar-refractivity contribution is -0.139. The highest BCUT2D eigenvalue weighted by atomic mass is 35.5. The SMILES string of the molecule is CC1Cc2c(SCc3ccc(-c4ccccc4)cn3)ccc3c2c(c(CC(C)(C)CC(=O)O)n3Cc2ccc(Cl)cc2)S1. The van der Waals surface area contributed by atoms with Gasteiger partial charge in [-0.05, 0) is 65.3 Å². The van der Waals surface area contributed by atoms with Crippen LogP contribution in [0, 0.1) is 5.41 Å². The van der Waals surface area contributed by atoms with Crippen LogP contribution >= 0.6 is 35.1 Å². The Balaban J connectivity index is 1.37. The number of rotatable bonds is 10. The topological polar surface area (TPSA) is 55.1 Å². The fourth-order valence-electron chi connectivity index (χ4n) is 6.02. The summed E-state index contributed by atoms with van der Waals surface area (Å²) in [4.78, 5) is 19.1. The number of benzene rings is 3. The summed E-state index contributed by atoms with van der Waals surface area (Å²) < 4.78 is 2.42. The maximum Gasteiger partial charge on any atom is 0.303 e. The van der Waals surface area contributed by atoms with Gasteiger partial charge in [-0.25, -0.2) is 0 Å². The summed E-state index contributed by atoms with van der Waals surface area (Å²) >= 11 is 9.99. The van der Waals surface area contributed by atoms with E-state index in [1.54, 1.807) is 0 Å². The molecule has 0 spiro atoms. The van der Waals surface area contributed by atoms with Gasteiger partial charge in [-0.15, -0.1) is 23.5 Å². The summed E-state index contributed by atoms with van der Waals surface area (Å²) in [6.45, 7) is 7.14. The van der Waals surface area contributed by atoms with Crippen LogP contribution < -0.4 is 0 Å². The third kappa shape index (κ3) is 6.67. The molecule has 3 aromatic carbocycles. The standard InChI is InChI=1S/C36H35ClN2O2S2/c1-23-17-29-32(42-22-28-14-11-26(20-38-28)25-7-5-4-6-8-25)16-15-30-34(29)35(43-23)31(18-36(2,3)19-33(40)41)39(30)21-24-9-12-27(37)13-10-24/h4-16,20,23H,17-19,21-22H2,1-3H3,(H,40,41). The quantitative estimate of drug-likeness (QED) is 0.156. The molecule has 1 atom stereocenters. The molecule has 1 unspecified atom stereocenters. The number of nitrogens with zero attached hydrogens (tertiary/aromatic N) is 2. The molecule has 1 aliphatic heterocycles. The molecule has 7 heteroatoms. The molecule has 1 N–H and O–H groups in total. The Morgan fingerprint density at radius 1 is 1.05 bits per heavy atom. The second-order valence-corrected chi connectivity index (χ2v) is 15.1. The van der Waals surface area contributed by atoms with E-state index in [4.69, 9.17) is 16.6 Å². The van der Waals surface area contributed by atoms with Gasteiger partial charge < -0.3 is 9.67 Å². The van der Waals surface area contributed by atoms with Crippen molar-refractivity contribution >= 4 is 52.0 Å². The number of hydrogen-bond donors (Lipinski definition) is 1. The first kappa shape index (κ1) is 29.9. The van der Waals surface area contributed by atoms with Gasteiger partial charge in [0.1, 0.15) is 0 Å². The number of carbonyl (C=O) groups is 1. The molecule has 0 bridgehead atoms. The van der Waals surface area contributed by atoms with Crippen LogP contribution in [0.2, 0.25) is 5.02 Å². The maximum atomic E-state index is 11.7. The van der Waals surface area contributed by atoms with E-state index in [-0.39, 0.29) is 11.8 Å². The molecule has 0 radical (unpaired) electrons. The van der Waals surface area contributed by atoms with E-state index < -0.39 is 5.97 Å². The average molecular weight is 627 g/mol. The van der Waals surface area contributed by atoms with Crippen molar-refractivity contribution in [3.05, 3.63) is 113 Å². The van der Waals surface area contributed by atoms with Crippen LogP contribution in [0.15, 0.2) is 94.9 Å². The van der Waals surface area contributed by atoms with Crippen molar-refractivity contribution in [1.29, 1.82) is 0 Å². The summed E-state index contributed by atoms with van der Waals surface area (Å²) in [7, 11) is 0. The Kier molecular flexibility index (Phi) is 8.63. The lowest BCUT2D eigenvalue weighted by Gasteiger charge is -2.26. The molecule has 0 amide bonds. The number of hydrogen-bond acceptors (Lipinski definition) is 4. The lowest BCUT2D eigenvalue weighted by atomic mass is 9.84. The smallest absolute Gasteiger partial charge is 0.303 e. The Bertz CT molecular complexity index is 1760. The molecular weight excluding hydrogens is 592 g/mol. The number of thioether (sulfide) groups is 2. The molecule has 1 aliphatic rings. The molecule has 220 valence electrons. The highest BCUT2D eigenvalue weighted by Crippen LogP contribution is 2.48. The molecule has 43 heavy (non-hydrogen) atoms. The van der Waals surface area contributed by atoms with Crippen LogP contribution in [0.3, 0.4) is 0 Å². The van der Waals surface area contributed by atoms with E-state index in [1.807, 2.05) is 47.9 Å². The van der Waals surface area contributed by atoms with Crippen molar-refractivity contribution in [1.82, 2.24) is 9.55 Å². The minimum atomic E-state index is -0.759. The van der Waals surface area contributed by atoms with E-state index in [2.05, 4.69) is 86.0 Å². The fraction of sp³-hybridized carbons (Fsp3) is 0.278. The number of halogens is 1. The molecule has 6 rings (SSSR count). The van der Waals surface area contributed by atoms with Crippen LogP contribution in [0.4, 0.5) is 0 Å².